The van der Waals surface area contributed by atoms with E-state index in [9.17, 15) is 31.5 Å². The van der Waals surface area contributed by atoms with Crippen molar-refractivity contribution >= 4 is 51.2 Å². The second kappa shape index (κ2) is 12.1. The third-order valence-corrected chi connectivity index (χ3v) is 8.19. The van der Waals surface area contributed by atoms with Crippen molar-refractivity contribution in [1.29, 1.82) is 0 Å². The van der Waals surface area contributed by atoms with Crippen molar-refractivity contribution in [2.45, 2.75) is 19.2 Å². The smallest absolute Gasteiger partial charge is 0.377 e. The van der Waals surface area contributed by atoms with Crippen molar-refractivity contribution in [3.63, 3.8) is 0 Å². The van der Waals surface area contributed by atoms with E-state index in [2.05, 4.69) is 15.3 Å². The lowest BCUT2D eigenvalue weighted by atomic mass is 9.93. The molecule has 47 heavy (non-hydrogen) atoms. The summed E-state index contributed by atoms with van der Waals surface area (Å²) in [5.41, 5.74) is -0.618. The molecule has 3 aromatic heterocycles. The Morgan fingerprint density at radius 1 is 1.13 bits per heavy atom. The number of ketones is 1. The zero-order chi connectivity index (χ0) is 33.8. The molecule has 0 bridgehead atoms. The molecule has 4 heterocycles. The number of imidazole rings is 2. The molecular weight excluding hydrogens is 647 g/mol. The summed E-state index contributed by atoms with van der Waals surface area (Å²) in [5, 5.41) is 2.07. The molecule has 5 aromatic rings. The van der Waals surface area contributed by atoms with Crippen molar-refractivity contribution in [3.05, 3.63) is 88.8 Å². The molecule has 0 fully saturated rings. The van der Waals surface area contributed by atoms with Crippen LogP contribution in [-0.4, -0.2) is 57.2 Å². The Balaban J connectivity index is 1.55. The fourth-order valence-corrected chi connectivity index (χ4v) is 5.97. The number of methoxy groups -OCH3 is 1. The quantitative estimate of drug-likeness (QED) is 0.0946. The molecule has 1 aliphatic heterocycles. The van der Waals surface area contributed by atoms with Crippen LogP contribution in [0.1, 0.15) is 33.3 Å². The second-order valence-electron chi connectivity index (χ2n) is 10.9. The number of allylic oxidation sites excluding steroid dienone is 1. The van der Waals surface area contributed by atoms with Gasteiger partial charge >= 0.3 is 6.18 Å². The first-order valence-electron chi connectivity index (χ1n) is 14.2. The fourth-order valence-electron chi connectivity index (χ4n) is 5.88. The molecule has 6 rings (SSSR count). The van der Waals surface area contributed by atoms with Crippen molar-refractivity contribution in [2.24, 2.45) is 7.05 Å². The first-order valence-corrected chi connectivity index (χ1v) is 14.8. The van der Waals surface area contributed by atoms with Gasteiger partial charge in [0.1, 0.15) is 35.3 Å². The Labute approximate surface area is 269 Å². The third kappa shape index (κ3) is 5.50. The minimum atomic E-state index is -4.78. The maximum absolute atomic E-state index is 15.0. The first kappa shape index (κ1) is 32.1. The number of rotatable bonds is 7. The van der Waals surface area contributed by atoms with Crippen LogP contribution in [0.4, 0.5) is 33.3 Å². The van der Waals surface area contributed by atoms with Crippen molar-refractivity contribution in [1.82, 2.24) is 18.9 Å². The Morgan fingerprint density at radius 2 is 1.85 bits per heavy atom. The normalized spacial score (nSPS) is 13.3. The summed E-state index contributed by atoms with van der Waals surface area (Å²) in [6.45, 7) is 0.294. The number of nitrogens with zero attached hydrogens (tertiary/aromatic N) is 5. The Kier molecular flexibility index (Phi) is 8.26. The number of ether oxygens (including phenoxy) is 1. The molecule has 9 nitrogen and oxygen atoms in total. The van der Waals surface area contributed by atoms with E-state index in [4.69, 9.17) is 16.3 Å². The highest BCUT2D eigenvalue weighted by Crippen LogP contribution is 2.48. The van der Waals surface area contributed by atoms with E-state index in [0.717, 1.165) is 24.3 Å². The number of aryl methyl sites for hydroxylation is 1. The highest BCUT2D eigenvalue weighted by atomic mass is 35.5. The number of anilines is 2. The number of amides is 1. The number of benzene rings is 2. The first-order chi connectivity index (χ1) is 22.3. The monoisotopic (exact) mass is 672 g/mol. The van der Waals surface area contributed by atoms with Gasteiger partial charge in [0.25, 0.3) is 0 Å². The lowest BCUT2D eigenvalue weighted by Gasteiger charge is -2.28. The van der Waals surface area contributed by atoms with Crippen LogP contribution >= 0.6 is 11.6 Å². The second-order valence-corrected chi connectivity index (χ2v) is 11.2. The van der Waals surface area contributed by atoms with Gasteiger partial charge in [-0.2, -0.15) is 13.2 Å². The molecule has 0 spiro atoms. The zero-order valence-electron chi connectivity index (χ0n) is 25.2. The fraction of sp³-hybridized carbons (Fsp3) is 0.250. The predicted octanol–water partition coefficient (Wildman–Crippen LogP) is 6.29. The summed E-state index contributed by atoms with van der Waals surface area (Å²) in [6, 6.07) is 5.56. The zero-order valence-corrected chi connectivity index (χ0v) is 25.9. The topological polar surface area (TPSA) is 93.8 Å². The largest absolute Gasteiger partial charge is 0.417 e. The van der Waals surface area contributed by atoms with Crippen LogP contribution in [0.2, 0.25) is 0 Å². The van der Waals surface area contributed by atoms with Gasteiger partial charge in [-0.05, 0) is 24.3 Å². The van der Waals surface area contributed by atoms with Gasteiger partial charge in [0.15, 0.2) is 5.82 Å². The summed E-state index contributed by atoms with van der Waals surface area (Å²) in [5.74, 6) is -3.93. The van der Waals surface area contributed by atoms with Crippen LogP contribution in [-0.2, 0) is 35.8 Å². The Morgan fingerprint density at radius 3 is 2.51 bits per heavy atom. The highest BCUT2D eigenvalue weighted by molar-refractivity contribution is 6.19. The number of likely N-dealkylation sites (N-methyl/N-ethyl adjacent to an activating group) is 1. The SMILES string of the molecule is COCc1nc2c3c(c(C(F)(F)F)cc2n1C)-c1cccn2c(C(=O)c4cc(F)c(NC(=O)/C=C/CCl)c(F)c4)nc(c12)CCN3C. The molecule has 0 aliphatic carbocycles. The lowest BCUT2D eigenvalue weighted by Crippen LogP contribution is -2.24. The van der Waals surface area contributed by atoms with Gasteiger partial charge in [-0.15, -0.1) is 11.6 Å². The number of aromatic nitrogens is 4. The molecular formula is C32H26ClF5N6O3. The number of nitrogens with one attached hydrogen (secondary N) is 1. The summed E-state index contributed by atoms with van der Waals surface area (Å²) in [4.78, 5) is 36.5. The molecule has 0 radical (unpaired) electrons. The molecule has 0 unspecified atom stereocenters. The van der Waals surface area contributed by atoms with Gasteiger partial charge in [-0.3, -0.25) is 14.0 Å². The van der Waals surface area contributed by atoms with Crippen molar-refractivity contribution in [2.75, 3.05) is 36.8 Å². The number of halogens is 6. The van der Waals surface area contributed by atoms with Gasteiger partial charge in [0.05, 0.1) is 28.0 Å². The number of hydrogen-bond donors (Lipinski definition) is 1. The molecule has 244 valence electrons. The average molecular weight is 673 g/mol. The van der Waals surface area contributed by atoms with E-state index in [1.165, 1.54) is 35.9 Å². The maximum atomic E-state index is 15.0. The van der Waals surface area contributed by atoms with Crippen LogP contribution in [0, 0.1) is 11.6 Å². The summed E-state index contributed by atoms with van der Waals surface area (Å²) >= 11 is 5.49. The molecule has 0 atom stereocenters. The minimum absolute atomic E-state index is 0.00991. The molecule has 1 amide bonds. The van der Waals surface area contributed by atoms with Crippen LogP contribution in [0.25, 0.3) is 27.7 Å². The number of carbonyl (C=O) groups excluding carboxylic acids is 2. The van der Waals surface area contributed by atoms with Gasteiger partial charge in [0.2, 0.25) is 11.7 Å². The number of pyridine rings is 1. The van der Waals surface area contributed by atoms with Crippen LogP contribution in [0.15, 0.2) is 48.7 Å². The van der Waals surface area contributed by atoms with E-state index < -0.39 is 46.3 Å². The van der Waals surface area contributed by atoms with E-state index in [1.54, 1.807) is 23.6 Å². The van der Waals surface area contributed by atoms with Gasteiger partial charge in [-0.1, -0.05) is 12.1 Å². The van der Waals surface area contributed by atoms with Gasteiger partial charge < -0.3 is 19.5 Å². The molecule has 1 aliphatic rings. The van der Waals surface area contributed by atoms with E-state index in [0.29, 0.717) is 17.0 Å². The molecule has 15 heteroatoms. The third-order valence-electron chi connectivity index (χ3n) is 8.01. The predicted molar refractivity (Wildman–Crippen MR) is 166 cm³/mol. The number of fused-ring (bicyclic) bond motifs is 4. The van der Waals surface area contributed by atoms with Gasteiger partial charge in [-0.25, -0.2) is 18.7 Å². The molecule has 1 N–H and O–H groups in total. The van der Waals surface area contributed by atoms with E-state index in [1.807, 2.05) is 0 Å². The summed E-state index contributed by atoms with van der Waals surface area (Å²) < 4.78 is 82.7. The molecule has 0 saturated heterocycles. The average Bonchev–Trinajstić information content (AvgIpc) is 3.55. The van der Waals surface area contributed by atoms with E-state index in [-0.39, 0.29) is 59.1 Å². The summed E-state index contributed by atoms with van der Waals surface area (Å²) in [6.07, 6.45) is -0.807. The Bertz CT molecular complexity index is 2100. The number of alkyl halides is 4. The highest BCUT2D eigenvalue weighted by Gasteiger charge is 2.39. The standard InChI is InChI=1S/C32H26ClF5N6O3/c1-42-11-8-21-28-17(25-18(32(36,37)38)14-22-27(29(25)42)40-23(15-47-3)43(22)2)6-5-10-44(28)31(39-21)30(46)16-12-19(34)26(20(35)13-16)41-24(45)7-4-9-33/h4-7,10,12-14H,8-9,11,15H2,1-3H3,(H,41,45)/b7-4+. The Hall–Kier alpha value is -4.82. The minimum Gasteiger partial charge on any atom is -0.377 e. The molecule has 0 saturated carbocycles. The van der Waals surface area contributed by atoms with Gasteiger partial charge in [0, 0.05) is 69.0 Å². The van der Waals surface area contributed by atoms with Crippen LogP contribution in [0.5, 0.6) is 0 Å². The van der Waals surface area contributed by atoms with Crippen molar-refractivity contribution in [3.8, 4) is 11.1 Å². The maximum Gasteiger partial charge on any atom is 0.417 e. The lowest BCUT2D eigenvalue weighted by molar-refractivity contribution is -0.137. The van der Waals surface area contributed by atoms with Crippen LogP contribution < -0.4 is 10.2 Å². The number of carbonyl (C=O) groups is 2. The van der Waals surface area contributed by atoms with Crippen LogP contribution in [0.3, 0.4) is 0 Å². The van der Waals surface area contributed by atoms with Crippen molar-refractivity contribution < 1.29 is 36.3 Å². The summed E-state index contributed by atoms with van der Waals surface area (Å²) in [7, 11) is 4.75. The van der Waals surface area contributed by atoms with E-state index >= 15 is 0 Å². The number of hydrogen-bond acceptors (Lipinski definition) is 6. The molecule has 2 aromatic carbocycles.